The van der Waals surface area contributed by atoms with E-state index >= 15 is 0 Å². The molecule has 1 unspecified atom stereocenters. The van der Waals surface area contributed by atoms with Crippen molar-refractivity contribution in [1.82, 2.24) is 24.0 Å². The lowest BCUT2D eigenvalue weighted by Gasteiger charge is -2.46. The Morgan fingerprint density at radius 2 is 1.86 bits per heavy atom. The summed E-state index contributed by atoms with van der Waals surface area (Å²) in [7, 11) is 1.71. The van der Waals surface area contributed by atoms with Gasteiger partial charge in [0.2, 0.25) is 0 Å². The first-order chi connectivity index (χ1) is 16.8. The van der Waals surface area contributed by atoms with Crippen LogP contribution in [0.4, 0.5) is 5.82 Å². The summed E-state index contributed by atoms with van der Waals surface area (Å²) in [4.78, 5) is 26.8. The van der Waals surface area contributed by atoms with Gasteiger partial charge in [-0.2, -0.15) is 10.2 Å². The molecule has 0 spiro atoms. The number of piperazine rings is 1. The van der Waals surface area contributed by atoms with Crippen molar-refractivity contribution < 1.29 is 0 Å². The van der Waals surface area contributed by atoms with Gasteiger partial charge in [0.15, 0.2) is 5.82 Å². The highest BCUT2D eigenvalue weighted by Gasteiger charge is 2.35. The second-order valence-corrected chi connectivity index (χ2v) is 9.31. The molecule has 0 bridgehead atoms. The highest BCUT2D eigenvalue weighted by atomic mass is 16.1. The Bertz CT molecular complexity index is 1380. The lowest BCUT2D eigenvalue weighted by Crippen LogP contribution is -2.57. The van der Waals surface area contributed by atoms with Crippen molar-refractivity contribution in [3.8, 4) is 17.9 Å². The smallest absolute Gasteiger partial charge is 0.349 e. The molecule has 1 fully saturated rings. The van der Waals surface area contributed by atoms with Gasteiger partial charge in [-0.3, -0.25) is 9.47 Å². The number of nitriles is 1. The third kappa shape index (κ3) is 4.42. The molecule has 35 heavy (non-hydrogen) atoms. The maximum atomic E-state index is 12.9. The molecule has 3 atom stereocenters. The van der Waals surface area contributed by atoms with E-state index in [0.717, 1.165) is 6.54 Å². The maximum absolute atomic E-state index is 12.9. The SMILES string of the molecule is CC#CC(c1ccc(C)cc1)N1C[C@H](C)N(c2nc(=O)n(C)c3c2nc(CC#N)n3CC)C[C@H]1C. The number of hydrogen-bond acceptors (Lipinski definition) is 6. The van der Waals surface area contributed by atoms with E-state index in [1.54, 1.807) is 7.05 Å². The zero-order valence-corrected chi connectivity index (χ0v) is 21.4. The largest absolute Gasteiger partial charge is 0.350 e. The summed E-state index contributed by atoms with van der Waals surface area (Å²) in [6.45, 7) is 12.4. The van der Waals surface area contributed by atoms with E-state index in [-0.39, 0.29) is 30.2 Å². The zero-order chi connectivity index (χ0) is 25.3. The van der Waals surface area contributed by atoms with Gasteiger partial charge in [-0.25, -0.2) is 9.78 Å². The number of benzene rings is 1. The Balaban J connectivity index is 1.74. The van der Waals surface area contributed by atoms with Crippen molar-refractivity contribution >= 4 is 17.0 Å². The lowest BCUT2D eigenvalue weighted by atomic mass is 9.99. The summed E-state index contributed by atoms with van der Waals surface area (Å²) in [5.74, 6) is 7.79. The average Bonchev–Trinajstić information content (AvgIpc) is 3.21. The normalized spacial score (nSPS) is 19.3. The molecule has 8 heteroatoms. The average molecular weight is 472 g/mol. The van der Waals surface area contributed by atoms with Gasteiger partial charge in [0.05, 0.1) is 18.5 Å². The van der Waals surface area contributed by atoms with E-state index in [1.807, 2.05) is 18.4 Å². The summed E-state index contributed by atoms with van der Waals surface area (Å²) in [5.41, 5.74) is 3.49. The number of nitrogens with zero attached hydrogens (tertiary/aromatic N) is 7. The van der Waals surface area contributed by atoms with Crippen LogP contribution in [0.5, 0.6) is 0 Å². The van der Waals surface area contributed by atoms with Gasteiger partial charge in [-0.1, -0.05) is 35.7 Å². The molecule has 0 aliphatic carbocycles. The fourth-order valence-corrected chi connectivity index (χ4v) is 5.08. The number of hydrogen-bond donors (Lipinski definition) is 0. The first kappa shape index (κ1) is 24.5. The van der Waals surface area contributed by atoms with E-state index in [9.17, 15) is 10.1 Å². The Labute approximate surface area is 206 Å². The third-order valence-corrected chi connectivity index (χ3v) is 6.90. The molecule has 1 aliphatic rings. The first-order valence-electron chi connectivity index (χ1n) is 12.1. The number of imidazole rings is 1. The molecule has 0 N–H and O–H groups in total. The second kappa shape index (κ2) is 9.93. The number of fused-ring (bicyclic) bond motifs is 1. The molecule has 0 saturated carbocycles. The van der Waals surface area contributed by atoms with Gasteiger partial charge in [-0.15, -0.1) is 5.92 Å². The molecule has 3 heterocycles. The van der Waals surface area contributed by atoms with Crippen LogP contribution in [-0.2, 0) is 20.0 Å². The number of aryl methyl sites for hydroxylation is 3. The highest BCUT2D eigenvalue weighted by Crippen LogP contribution is 2.32. The molecule has 1 aromatic carbocycles. The molecule has 0 radical (unpaired) electrons. The first-order valence-corrected chi connectivity index (χ1v) is 12.1. The van der Waals surface area contributed by atoms with E-state index < -0.39 is 0 Å². The molecule has 1 saturated heterocycles. The second-order valence-electron chi connectivity index (χ2n) is 9.31. The fraction of sp³-hybridized carbons (Fsp3) is 0.481. The van der Waals surface area contributed by atoms with Crippen LogP contribution in [0.2, 0.25) is 0 Å². The molecule has 8 nitrogen and oxygen atoms in total. The van der Waals surface area contributed by atoms with Crippen LogP contribution >= 0.6 is 0 Å². The highest BCUT2D eigenvalue weighted by molar-refractivity contribution is 5.84. The van der Waals surface area contributed by atoms with Crippen molar-refractivity contribution in [3.05, 3.63) is 51.7 Å². The quantitative estimate of drug-likeness (QED) is 0.532. The summed E-state index contributed by atoms with van der Waals surface area (Å²) in [6, 6.07) is 11.0. The third-order valence-electron chi connectivity index (χ3n) is 6.90. The van der Waals surface area contributed by atoms with Crippen molar-refractivity contribution in [2.45, 2.75) is 65.7 Å². The van der Waals surface area contributed by atoms with Crippen LogP contribution in [0.1, 0.15) is 50.7 Å². The van der Waals surface area contributed by atoms with Crippen LogP contribution in [0.3, 0.4) is 0 Å². The predicted molar refractivity (Wildman–Crippen MR) is 138 cm³/mol. The Kier molecular flexibility index (Phi) is 6.95. The predicted octanol–water partition coefficient (Wildman–Crippen LogP) is 3.19. The molecular weight excluding hydrogens is 438 g/mol. The monoisotopic (exact) mass is 471 g/mol. The van der Waals surface area contributed by atoms with Crippen LogP contribution in [0, 0.1) is 30.1 Å². The molecule has 3 aromatic rings. The van der Waals surface area contributed by atoms with Crippen molar-refractivity contribution in [2.75, 3.05) is 18.0 Å². The number of aromatic nitrogens is 4. The molecule has 0 amide bonds. The van der Waals surface area contributed by atoms with E-state index in [0.29, 0.717) is 35.9 Å². The van der Waals surface area contributed by atoms with Gasteiger partial charge >= 0.3 is 5.69 Å². The molecule has 4 rings (SSSR count). The molecule has 1 aliphatic heterocycles. The van der Waals surface area contributed by atoms with Gasteiger partial charge in [-0.05, 0) is 40.2 Å². The Morgan fingerprint density at radius 1 is 1.14 bits per heavy atom. The van der Waals surface area contributed by atoms with Crippen LogP contribution in [-0.4, -0.2) is 49.2 Å². The molecule has 182 valence electrons. The summed E-state index contributed by atoms with van der Waals surface area (Å²) >= 11 is 0. The minimum Gasteiger partial charge on any atom is -0.349 e. The van der Waals surface area contributed by atoms with E-state index in [2.05, 4.69) is 77.7 Å². The van der Waals surface area contributed by atoms with Gasteiger partial charge in [0.1, 0.15) is 17.0 Å². The lowest BCUT2D eigenvalue weighted by molar-refractivity contribution is 0.138. The van der Waals surface area contributed by atoms with Gasteiger partial charge in [0.25, 0.3) is 0 Å². The summed E-state index contributed by atoms with van der Waals surface area (Å²) in [6.07, 6.45) is 0.184. The van der Waals surface area contributed by atoms with Gasteiger partial charge in [0, 0.05) is 38.8 Å². The number of anilines is 1. The van der Waals surface area contributed by atoms with E-state index in [4.69, 9.17) is 4.98 Å². The minimum atomic E-state index is -0.317. The number of rotatable bonds is 5. The summed E-state index contributed by atoms with van der Waals surface area (Å²) in [5, 5.41) is 9.30. The van der Waals surface area contributed by atoms with Crippen molar-refractivity contribution in [1.29, 1.82) is 5.26 Å². The van der Waals surface area contributed by atoms with Gasteiger partial charge < -0.3 is 9.47 Å². The Morgan fingerprint density at radius 3 is 2.49 bits per heavy atom. The standard InChI is InChI=1S/C27H33N7O/c1-7-9-22(21-12-10-18(3)11-13-21)33-16-20(5)34(17-19(33)4)25-24-26(31(6)27(35)30-25)32(8-2)23(29-24)14-15-28/h10-13,19-20,22H,8,14,16-17H2,1-6H3/t19-,20+,22?/m1/s1. The van der Waals surface area contributed by atoms with Crippen molar-refractivity contribution in [2.24, 2.45) is 7.05 Å². The Hall–Kier alpha value is -3.62. The van der Waals surface area contributed by atoms with Crippen molar-refractivity contribution in [3.63, 3.8) is 0 Å². The fourth-order valence-electron chi connectivity index (χ4n) is 5.08. The maximum Gasteiger partial charge on any atom is 0.350 e. The van der Waals surface area contributed by atoms with Crippen LogP contribution in [0.15, 0.2) is 29.1 Å². The zero-order valence-electron chi connectivity index (χ0n) is 21.4. The summed E-state index contributed by atoms with van der Waals surface area (Å²) < 4.78 is 3.48. The van der Waals surface area contributed by atoms with Crippen LogP contribution < -0.4 is 10.6 Å². The van der Waals surface area contributed by atoms with E-state index in [1.165, 1.54) is 15.7 Å². The minimum absolute atomic E-state index is 0.00153. The molecule has 2 aromatic heterocycles. The molecular formula is C27H33N7O. The van der Waals surface area contributed by atoms with Crippen LogP contribution in [0.25, 0.3) is 11.2 Å². The topological polar surface area (TPSA) is 83.0 Å².